The van der Waals surface area contributed by atoms with Crippen molar-refractivity contribution >= 4 is 5.97 Å². The number of rotatable bonds is 7. The van der Waals surface area contributed by atoms with E-state index < -0.39 is 23.9 Å². The molecule has 2 unspecified atom stereocenters. The molecule has 118 valence electrons. The summed E-state index contributed by atoms with van der Waals surface area (Å²) >= 11 is 0. The van der Waals surface area contributed by atoms with Gasteiger partial charge in [-0.2, -0.15) is 0 Å². The molecule has 0 radical (unpaired) electrons. The molecule has 21 heavy (non-hydrogen) atoms. The average Bonchev–Trinajstić information content (AvgIpc) is 2.44. The van der Waals surface area contributed by atoms with Gasteiger partial charge in [0, 0.05) is 0 Å². The maximum Gasteiger partial charge on any atom is 0.317 e. The molecule has 6 heteroatoms. The van der Waals surface area contributed by atoms with E-state index in [0.29, 0.717) is 12.4 Å². The fourth-order valence-electron chi connectivity index (χ4n) is 1.99. The van der Waals surface area contributed by atoms with Gasteiger partial charge < -0.3 is 14.6 Å². The van der Waals surface area contributed by atoms with Gasteiger partial charge in [0.25, 0.3) is 6.43 Å². The molecule has 0 aliphatic carbocycles. The minimum Gasteiger partial charge on any atom is -0.494 e. The number of alkyl halides is 2. The van der Waals surface area contributed by atoms with Crippen LogP contribution in [-0.4, -0.2) is 31.2 Å². The van der Waals surface area contributed by atoms with Crippen molar-refractivity contribution in [1.29, 1.82) is 0 Å². The molecule has 0 saturated carbocycles. The quantitative estimate of drug-likeness (QED) is 0.787. The predicted molar refractivity (Wildman–Crippen MR) is 73.3 cm³/mol. The summed E-state index contributed by atoms with van der Waals surface area (Å²) in [5, 5.41) is 10.4. The first-order chi connectivity index (χ1) is 9.84. The lowest BCUT2D eigenvalue weighted by Crippen LogP contribution is -2.42. The van der Waals surface area contributed by atoms with Gasteiger partial charge in [0.1, 0.15) is 17.3 Å². The molecule has 1 aromatic carbocycles. The zero-order valence-corrected chi connectivity index (χ0v) is 12.3. The lowest BCUT2D eigenvalue weighted by molar-refractivity contribution is -0.167. The van der Waals surface area contributed by atoms with Crippen LogP contribution < -0.4 is 4.74 Å². The summed E-state index contributed by atoms with van der Waals surface area (Å²) in [6.07, 6.45) is -2.20. The second-order valence-corrected chi connectivity index (χ2v) is 4.86. The van der Waals surface area contributed by atoms with Gasteiger partial charge in [0.2, 0.25) is 0 Å². The van der Waals surface area contributed by atoms with Crippen molar-refractivity contribution in [3.8, 4) is 5.75 Å². The Hall–Kier alpha value is -1.69. The molecule has 4 nitrogen and oxygen atoms in total. The van der Waals surface area contributed by atoms with Crippen LogP contribution in [0, 0.1) is 5.92 Å². The lowest BCUT2D eigenvalue weighted by atomic mass is 9.83. The van der Waals surface area contributed by atoms with E-state index in [1.54, 1.807) is 12.1 Å². The van der Waals surface area contributed by atoms with Crippen LogP contribution in [0.1, 0.15) is 25.8 Å². The molecule has 0 bridgehead atoms. The van der Waals surface area contributed by atoms with Crippen LogP contribution in [-0.2, 0) is 15.1 Å². The molecule has 0 heterocycles. The summed E-state index contributed by atoms with van der Waals surface area (Å²) in [5.74, 6) is -2.53. The number of carbonyl (C=O) groups excluding carboxylic acids is 1. The first-order valence-electron chi connectivity index (χ1n) is 6.66. The third-order valence-electron chi connectivity index (χ3n) is 3.22. The first kappa shape index (κ1) is 17.4. The van der Waals surface area contributed by atoms with Gasteiger partial charge in [0.05, 0.1) is 13.7 Å². The lowest BCUT2D eigenvalue weighted by Gasteiger charge is -2.30. The topological polar surface area (TPSA) is 55.8 Å². The molecule has 1 N–H and O–H groups in total. The van der Waals surface area contributed by atoms with Crippen molar-refractivity contribution in [2.24, 2.45) is 5.92 Å². The van der Waals surface area contributed by atoms with E-state index in [0.717, 1.165) is 13.5 Å². The number of esters is 1. The van der Waals surface area contributed by atoms with Gasteiger partial charge in [-0.25, -0.2) is 8.78 Å². The second kappa shape index (κ2) is 7.36. The van der Waals surface area contributed by atoms with E-state index in [1.807, 2.05) is 6.92 Å². The van der Waals surface area contributed by atoms with Crippen molar-refractivity contribution in [2.75, 3.05) is 13.7 Å². The van der Waals surface area contributed by atoms with Crippen molar-refractivity contribution in [2.45, 2.75) is 32.3 Å². The summed E-state index contributed by atoms with van der Waals surface area (Å²) in [6.45, 7) is 3.67. The van der Waals surface area contributed by atoms with Crippen molar-refractivity contribution in [1.82, 2.24) is 0 Å². The summed E-state index contributed by atoms with van der Waals surface area (Å²) in [5.41, 5.74) is -1.84. The van der Waals surface area contributed by atoms with Gasteiger partial charge in [-0.1, -0.05) is 19.1 Å². The van der Waals surface area contributed by atoms with Crippen molar-refractivity contribution in [3.63, 3.8) is 0 Å². The Labute approximate surface area is 122 Å². The smallest absolute Gasteiger partial charge is 0.317 e. The Morgan fingerprint density at radius 3 is 2.33 bits per heavy atom. The highest BCUT2D eigenvalue weighted by Gasteiger charge is 2.46. The van der Waals surface area contributed by atoms with Crippen molar-refractivity contribution in [3.05, 3.63) is 29.8 Å². The molecule has 0 amide bonds. The van der Waals surface area contributed by atoms with E-state index in [-0.39, 0.29) is 5.56 Å². The largest absolute Gasteiger partial charge is 0.494 e. The molecule has 0 aromatic heterocycles. The Bertz CT molecular complexity index is 457. The molecular weight excluding hydrogens is 282 g/mol. The van der Waals surface area contributed by atoms with Crippen LogP contribution in [0.5, 0.6) is 5.75 Å². The standard InChI is InChI=1S/C15H20F2O4/c1-4-9-21-11-7-5-10(6-8-11)15(2,19)12(13(16)17)14(18)20-3/h5-8,12-13,19H,4,9H2,1-3H3. The molecule has 1 aromatic rings. The molecule has 0 aliphatic rings. The Kier molecular flexibility index (Phi) is 6.08. The number of halogens is 2. The molecular formula is C15H20F2O4. The van der Waals surface area contributed by atoms with Gasteiger partial charge in [-0.15, -0.1) is 0 Å². The number of hydrogen-bond acceptors (Lipinski definition) is 4. The zero-order valence-electron chi connectivity index (χ0n) is 12.3. The first-order valence-corrected chi connectivity index (χ1v) is 6.66. The second-order valence-electron chi connectivity index (χ2n) is 4.86. The van der Waals surface area contributed by atoms with Crippen LogP contribution in [0.4, 0.5) is 8.78 Å². The molecule has 0 saturated heterocycles. The summed E-state index contributed by atoms with van der Waals surface area (Å²) in [4.78, 5) is 11.5. The average molecular weight is 302 g/mol. The monoisotopic (exact) mass is 302 g/mol. The molecule has 2 atom stereocenters. The SMILES string of the molecule is CCCOc1ccc(C(C)(O)C(C(=O)OC)C(F)F)cc1. The fourth-order valence-corrected chi connectivity index (χ4v) is 1.99. The summed E-state index contributed by atoms with van der Waals surface area (Å²) in [7, 11) is 1.01. The van der Waals surface area contributed by atoms with Crippen LogP contribution in [0.2, 0.25) is 0 Å². The minimum absolute atomic E-state index is 0.196. The third kappa shape index (κ3) is 4.14. The maximum absolute atomic E-state index is 13.1. The van der Waals surface area contributed by atoms with E-state index in [9.17, 15) is 18.7 Å². The normalized spacial score (nSPS) is 15.4. The highest BCUT2D eigenvalue weighted by atomic mass is 19.3. The number of carbonyl (C=O) groups is 1. The number of ether oxygens (including phenoxy) is 2. The highest BCUT2D eigenvalue weighted by molar-refractivity contribution is 5.74. The number of methoxy groups -OCH3 is 1. The molecule has 0 fully saturated rings. The van der Waals surface area contributed by atoms with Crippen LogP contribution >= 0.6 is 0 Å². The summed E-state index contributed by atoms with van der Waals surface area (Å²) in [6, 6.07) is 6.06. The van der Waals surface area contributed by atoms with Gasteiger partial charge in [0.15, 0.2) is 0 Å². The van der Waals surface area contributed by atoms with Gasteiger partial charge in [-0.05, 0) is 31.0 Å². The highest BCUT2D eigenvalue weighted by Crippen LogP contribution is 2.35. The maximum atomic E-state index is 13.1. The Morgan fingerprint density at radius 2 is 1.90 bits per heavy atom. The molecule has 0 spiro atoms. The van der Waals surface area contributed by atoms with E-state index in [2.05, 4.69) is 4.74 Å². The Balaban J connectivity index is 3.01. The molecule has 1 rings (SSSR count). The molecule has 0 aliphatic heterocycles. The van der Waals surface area contributed by atoms with Crippen LogP contribution in [0.25, 0.3) is 0 Å². The minimum atomic E-state index is -3.04. The van der Waals surface area contributed by atoms with Gasteiger partial charge >= 0.3 is 5.97 Å². The summed E-state index contributed by atoms with van der Waals surface area (Å²) < 4.78 is 35.9. The number of hydrogen-bond donors (Lipinski definition) is 1. The Morgan fingerprint density at radius 1 is 1.33 bits per heavy atom. The number of aliphatic hydroxyl groups is 1. The van der Waals surface area contributed by atoms with Crippen LogP contribution in [0.3, 0.4) is 0 Å². The fraction of sp³-hybridized carbons (Fsp3) is 0.533. The van der Waals surface area contributed by atoms with Gasteiger partial charge in [-0.3, -0.25) is 4.79 Å². The third-order valence-corrected chi connectivity index (χ3v) is 3.22. The van der Waals surface area contributed by atoms with E-state index in [1.165, 1.54) is 19.1 Å². The zero-order chi connectivity index (χ0) is 16.0. The predicted octanol–water partition coefficient (Wildman–Crippen LogP) is 2.74. The van der Waals surface area contributed by atoms with Crippen molar-refractivity contribution < 1.29 is 28.2 Å². The van der Waals surface area contributed by atoms with Crippen LogP contribution in [0.15, 0.2) is 24.3 Å². The van der Waals surface area contributed by atoms with E-state index in [4.69, 9.17) is 4.74 Å². The van der Waals surface area contributed by atoms with E-state index >= 15 is 0 Å². The number of benzene rings is 1.